The lowest BCUT2D eigenvalue weighted by molar-refractivity contribution is -0.314. The zero-order chi connectivity index (χ0) is 21.5. The Morgan fingerprint density at radius 3 is 1.97 bits per heavy atom. The quantitative estimate of drug-likeness (QED) is 0.610. The molecular formula is C26H18NO4-. The molecule has 1 aliphatic heterocycles. The molecule has 3 aromatic rings. The molecule has 1 saturated heterocycles. The summed E-state index contributed by atoms with van der Waals surface area (Å²) < 4.78 is 0. The summed E-state index contributed by atoms with van der Waals surface area (Å²) in [5.74, 6) is -4.35. The van der Waals surface area contributed by atoms with Crippen LogP contribution in [-0.4, -0.2) is 17.8 Å². The van der Waals surface area contributed by atoms with Gasteiger partial charge in [-0.05, 0) is 40.8 Å². The standard InChI is InChI=1S/C26H19NO4/c1-14-8-2-7-13-19(14)27-23(28)21-20-15-9-3-5-11-17(15)26(25(30)31,22(21)24(27)29)18-12-6-4-10-16(18)20/h2-13,20-22H,1H3,(H,30,31)/p-1/t20?,21-,22+,26?/m1/s1. The van der Waals surface area contributed by atoms with Gasteiger partial charge in [-0.1, -0.05) is 66.7 Å². The topological polar surface area (TPSA) is 77.5 Å². The van der Waals surface area contributed by atoms with E-state index < -0.39 is 29.1 Å². The number of hydrogen-bond acceptors (Lipinski definition) is 4. The van der Waals surface area contributed by atoms with E-state index in [4.69, 9.17) is 0 Å². The average molecular weight is 408 g/mol. The maximum atomic E-state index is 13.8. The number of carbonyl (C=O) groups excluding carboxylic acids is 3. The lowest BCUT2D eigenvalue weighted by Crippen LogP contribution is -2.61. The number of para-hydroxylation sites is 1. The van der Waals surface area contributed by atoms with E-state index in [2.05, 4.69) is 0 Å². The number of amides is 2. The van der Waals surface area contributed by atoms with E-state index in [0.29, 0.717) is 16.8 Å². The van der Waals surface area contributed by atoms with Crippen molar-refractivity contribution < 1.29 is 19.5 Å². The minimum Gasteiger partial charge on any atom is -0.549 e. The first-order valence-corrected chi connectivity index (χ1v) is 10.3. The molecule has 1 heterocycles. The van der Waals surface area contributed by atoms with Crippen molar-refractivity contribution in [2.24, 2.45) is 11.8 Å². The van der Waals surface area contributed by atoms with Gasteiger partial charge in [-0.15, -0.1) is 0 Å². The van der Waals surface area contributed by atoms with Crippen LogP contribution in [0.4, 0.5) is 5.69 Å². The van der Waals surface area contributed by atoms with Gasteiger partial charge in [-0.3, -0.25) is 9.59 Å². The minimum absolute atomic E-state index is 0.344. The highest BCUT2D eigenvalue weighted by Crippen LogP contribution is 2.64. The van der Waals surface area contributed by atoms with E-state index in [0.717, 1.165) is 16.7 Å². The van der Waals surface area contributed by atoms with Crippen LogP contribution < -0.4 is 10.0 Å². The van der Waals surface area contributed by atoms with Gasteiger partial charge in [0.2, 0.25) is 11.8 Å². The number of rotatable bonds is 2. The van der Waals surface area contributed by atoms with Gasteiger partial charge < -0.3 is 9.90 Å². The second kappa shape index (κ2) is 5.91. The number of benzene rings is 3. The Hall–Kier alpha value is -3.73. The van der Waals surface area contributed by atoms with Gasteiger partial charge in [0.25, 0.3) is 0 Å². The molecule has 0 spiro atoms. The molecule has 2 amide bonds. The van der Waals surface area contributed by atoms with Crippen molar-refractivity contribution in [2.45, 2.75) is 18.3 Å². The third-order valence-corrected chi connectivity index (χ3v) is 7.30. The van der Waals surface area contributed by atoms with E-state index in [1.165, 1.54) is 4.90 Å². The molecule has 3 aliphatic carbocycles. The number of nitrogens with zero attached hydrogens (tertiary/aromatic N) is 1. The molecule has 4 aliphatic rings. The Morgan fingerprint density at radius 1 is 0.839 bits per heavy atom. The van der Waals surface area contributed by atoms with Gasteiger partial charge in [0, 0.05) is 5.92 Å². The number of carboxylic acid groups (broad SMARTS) is 1. The highest BCUT2D eigenvalue weighted by atomic mass is 16.4. The third kappa shape index (κ3) is 1.94. The first kappa shape index (κ1) is 18.1. The van der Waals surface area contributed by atoms with Crippen LogP contribution in [0.1, 0.15) is 33.7 Å². The Balaban J connectivity index is 1.69. The second-order valence-corrected chi connectivity index (χ2v) is 8.55. The number of carboxylic acids is 1. The van der Waals surface area contributed by atoms with E-state index in [1.807, 2.05) is 43.3 Å². The van der Waals surface area contributed by atoms with E-state index in [9.17, 15) is 19.5 Å². The second-order valence-electron chi connectivity index (χ2n) is 8.55. The molecule has 0 aromatic heterocycles. The summed E-state index contributed by atoms with van der Waals surface area (Å²) in [4.78, 5) is 41.8. The van der Waals surface area contributed by atoms with E-state index in [-0.39, 0.29) is 11.8 Å². The van der Waals surface area contributed by atoms with Gasteiger partial charge in [0.15, 0.2) is 0 Å². The van der Waals surface area contributed by atoms with E-state index in [1.54, 1.807) is 36.4 Å². The normalized spacial score (nSPS) is 27.6. The molecule has 3 aromatic carbocycles. The Labute approximate surface area is 178 Å². The molecule has 5 heteroatoms. The molecule has 31 heavy (non-hydrogen) atoms. The van der Waals surface area contributed by atoms with Crippen LogP contribution in [0.3, 0.4) is 0 Å². The summed E-state index contributed by atoms with van der Waals surface area (Å²) in [7, 11) is 0. The molecule has 2 atom stereocenters. The van der Waals surface area contributed by atoms with Crippen LogP contribution >= 0.6 is 0 Å². The fourth-order valence-electron chi connectivity index (χ4n) is 6.17. The molecule has 1 fully saturated rings. The molecule has 0 saturated carbocycles. The highest BCUT2D eigenvalue weighted by molar-refractivity contribution is 6.25. The predicted octanol–water partition coefficient (Wildman–Crippen LogP) is 2.30. The van der Waals surface area contributed by atoms with Crippen molar-refractivity contribution >= 4 is 23.5 Å². The molecule has 5 nitrogen and oxygen atoms in total. The summed E-state index contributed by atoms with van der Waals surface area (Å²) in [5.41, 5.74) is 2.30. The lowest BCUT2D eigenvalue weighted by atomic mass is 9.47. The Kier molecular flexibility index (Phi) is 3.45. The molecule has 152 valence electrons. The minimum atomic E-state index is -1.70. The number of aryl methyl sites for hydroxylation is 1. The third-order valence-electron chi connectivity index (χ3n) is 7.30. The molecule has 7 rings (SSSR count). The molecule has 0 radical (unpaired) electrons. The smallest absolute Gasteiger partial charge is 0.239 e. The lowest BCUT2D eigenvalue weighted by Gasteiger charge is -2.54. The van der Waals surface area contributed by atoms with Crippen molar-refractivity contribution in [1.82, 2.24) is 0 Å². The molecule has 2 bridgehead atoms. The van der Waals surface area contributed by atoms with Crippen molar-refractivity contribution in [3.8, 4) is 0 Å². The van der Waals surface area contributed by atoms with Crippen LogP contribution in [-0.2, 0) is 19.8 Å². The number of hydrogen-bond donors (Lipinski definition) is 0. The van der Waals surface area contributed by atoms with Crippen molar-refractivity contribution in [3.63, 3.8) is 0 Å². The van der Waals surface area contributed by atoms with Gasteiger partial charge >= 0.3 is 0 Å². The molecule has 0 N–H and O–H groups in total. The number of aliphatic carboxylic acids is 1. The van der Waals surface area contributed by atoms with Crippen LogP contribution in [0, 0.1) is 18.8 Å². The Morgan fingerprint density at radius 2 is 1.39 bits per heavy atom. The largest absolute Gasteiger partial charge is 0.549 e. The fourth-order valence-corrected chi connectivity index (χ4v) is 6.17. The van der Waals surface area contributed by atoms with Crippen molar-refractivity contribution in [1.29, 1.82) is 0 Å². The van der Waals surface area contributed by atoms with Crippen molar-refractivity contribution in [3.05, 3.63) is 101 Å². The van der Waals surface area contributed by atoms with Gasteiger partial charge in [0.1, 0.15) is 0 Å². The molecular weight excluding hydrogens is 390 g/mol. The summed E-state index contributed by atoms with van der Waals surface area (Å²) in [5, 5.41) is 13.0. The number of carbonyl (C=O) groups is 3. The van der Waals surface area contributed by atoms with Crippen LogP contribution in [0.5, 0.6) is 0 Å². The zero-order valence-electron chi connectivity index (χ0n) is 16.7. The highest BCUT2D eigenvalue weighted by Gasteiger charge is 2.69. The monoisotopic (exact) mass is 408 g/mol. The summed E-state index contributed by atoms with van der Waals surface area (Å²) >= 11 is 0. The van der Waals surface area contributed by atoms with Gasteiger partial charge in [-0.2, -0.15) is 0 Å². The predicted molar refractivity (Wildman–Crippen MR) is 111 cm³/mol. The van der Waals surface area contributed by atoms with E-state index >= 15 is 0 Å². The van der Waals surface area contributed by atoms with Crippen LogP contribution in [0.15, 0.2) is 72.8 Å². The summed E-state index contributed by atoms with van der Waals surface area (Å²) in [6.45, 7) is 1.84. The fraction of sp³-hybridized carbons (Fsp3) is 0.192. The van der Waals surface area contributed by atoms with Crippen LogP contribution in [0.25, 0.3) is 0 Å². The van der Waals surface area contributed by atoms with Crippen molar-refractivity contribution in [2.75, 3.05) is 4.90 Å². The van der Waals surface area contributed by atoms with Gasteiger partial charge in [-0.25, -0.2) is 4.90 Å². The SMILES string of the molecule is Cc1ccccc1N1C(=O)[C@@H]2C3c4ccccc4C(C(=O)[O-])(c4ccccc43)[C@@H]2C1=O. The summed E-state index contributed by atoms with van der Waals surface area (Å²) in [6, 6.07) is 21.7. The molecule has 0 unspecified atom stereocenters. The zero-order valence-corrected chi connectivity index (χ0v) is 16.7. The first-order chi connectivity index (χ1) is 15.0. The number of imide groups is 1. The summed E-state index contributed by atoms with van der Waals surface area (Å²) in [6.07, 6.45) is 0. The van der Waals surface area contributed by atoms with Gasteiger partial charge in [0.05, 0.1) is 28.9 Å². The van der Waals surface area contributed by atoms with Crippen LogP contribution in [0.2, 0.25) is 0 Å². The maximum Gasteiger partial charge on any atom is 0.239 e. The number of anilines is 1. The Bertz CT molecular complexity index is 1260. The average Bonchev–Trinajstić information content (AvgIpc) is 3.05. The maximum absolute atomic E-state index is 13.8. The first-order valence-electron chi connectivity index (χ1n) is 10.3.